The van der Waals surface area contributed by atoms with Crippen LogP contribution in [0.4, 0.5) is 0 Å². The van der Waals surface area contributed by atoms with E-state index >= 15 is 0 Å². The number of nitrogens with two attached hydrogens (primary N) is 1. The molecule has 0 aromatic heterocycles. The number of hydrogen-bond acceptors (Lipinski definition) is 5. The van der Waals surface area contributed by atoms with E-state index in [-0.39, 0.29) is 36.6 Å². The number of carbonyl (C=O) groups excluding carboxylic acids is 1. The number of sulfone groups is 1. The van der Waals surface area contributed by atoms with Crippen LogP contribution in [0, 0.1) is 6.92 Å². The topological polar surface area (TPSA) is 98.5 Å². The molecule has 0 saturated carbocycles. The first kappa shape index (κ1) is 21.7. The first-order valence-corrected chi connectivity index (χ1v) is 9.18. The molecule has 0 aliphatic rings. The van der Waals surface area contributed by atoms with Crippen molar-refractivity contribution in [2.45, 2.75) is 32.4 Å². The number of carbonyl (C=O) groups is 1. The molecule has 1 aromatic carbocycles. The van der Waals surface area contributed by atoms with Crippen molar-refractivity contribution < 1.29 is 17.9 Å². The maximum atomic E-state index is 11.8. The number of aryl methyl sites for hydroxylation is 1. The van der Waals surface area contributed by atoms with Crippen LogP contribution in [0.1, 0.15) is 18.9 Å². The zero-order valence-corrected chi connectivity index (χ0v) is 15.2. The van der Waals surface area contributed by atoms with Gasteiger partial charge in [-0.1, -0.05) is 18.2 Å². The third-order valence-electron chi connectivity index (χ3n) is 3.12. The van der Waals surface area contributed by atoms with E-state index in [4.69, 9.17) is 10.5 Å². The number of rotatable bonds is 8. The zero-order chi connectivity index (χ0) is 16.8. The van der Waals surface area contributed by atoms with Gasteiger partial charge >= 0.3 is 0 Å². The molecule has 0 spiro atoms. The Labute approximate surface area is 144 Å². The van der Waals surface area contributed by atoms with Gasteiger partial charge in [-0.05, 0) is 31.9 Å². The third kappa shape index (κ3) is 8.78. The highest BCUT2D eigenvalue weighted by molar-refractivity contribution is 7.90. The summed E-state index contributed by atoms with van der Waals surface area (Å²) in [6.45, 7) is 4.09. The summed E-state index contributed by atoms with van der Waals surface area (Å²) in [7, 11) is -3.11. The van der Waals surface area contributed by atoms with Crippen molar-refractivity contribution in [3.8, 4) is 5.75 Å². The summed E-state index contributed by atoms with van der Waals surface area (Å²) in [5.74, 6) is 0.297. The lowest BCUT2D eigenvalue weighted by molar-refractivity contribution is -0.122. The van der Waals surface area contributed by atoms with E-state index in [0.717, 1.165) is 17.6 Å². The van der Waals surface area contributed by atoms with Crippen molar-refractivity contribution in [3.05, 3.63) is 29.8 Å². The van der Waals surface area contributed by atoms with E-state index < -0.39 is 15.9 Å². The van der Waals surface area contributed by atoms with Crippen molar-refractivity contribution in [2.24, 2.45) is 5.73 Å². The molecule has 0 aliphatic heterocycles. The Morgan fingerprint density at radius 1 is 1.35 bits per heavy atom. The molecule has 6 nitrogen and oxygen atoms in total. The molecular formula is C15H25ClN2O4S. The van der Waals surface area contributed by atoms with Gasteiger partial charge in [0.1, 0.15) is 21.7 Å². The number of para-hydroxylation sites is 1. The molecule has 2 atom stereocenters. The number of halogens is 1. The fourth-order valence-corrected chi connectivity index (χ4v) is 2.48. The van der Waals surface area contributed by atoms with E-state index in [1.807, 2.05) is 38.1 Å². The number of benzene rings is 1. The molecule has 0 saturated heterocycles. The van der Waals surface area contributed by atoms with Crippen LogP contribution in [0.25, 0.3) is 0 Å². The second-order valence-electron chi connectivity index (χ2n) is 5.46. The molecule has 0 bridgehead atoms. The standard InChI is InChI=1S/C15H24N2O4S.ClH/c1-11-6-4-5-7-14(11)21-12(2)10-17-15(18)13(16)8-9-22(3,19)20;/h4-7,12-13H,8-10,16H2,1-3H3,(H,17,18);1H. The summed E-state index contributed by atoms with van der Waals surface area (Å²) in [6.07, 6.45) is 1.01. The van der Waals surface area contributed by atoms with Crippen LogP contribution in [0.5, 0.6) is 5.75 Å². The first-order chi connectivity index (χ1) is 10.2. The molecular weight excluding hydrogens is 340 g/mol. The van der Waals surface area contributed by atoms with E-state index in [0.29, 0.717) is 6.54 Å². The van der Waals surface area contributed by atoms with Gasteiger partial charge < -0.3 is 15.8 Å². The Morgan fingerprint density at radius 2 is 1.96 bits per heavy atom. The molecule has 3 N–H and O–H groups in total. The lowest BCUT2D eigenvalue weighted by atomic mass is 10.2. The quantitative estimate of drug-likeness (QED) is 0.718. The van der Waals surface area contributed by atoms with Crippen molar-refractivity contribution in [1.82, 2.24) is 5.32 Å². The van der Waals surface area contributed by atoms with Crippen molar-refractivity contribution >= 4 is 28.2 Å². The van der Waals surface area contributed by atoms with Crippen LogP contribution in [-0.2, 0) is 14.6 Å². The van der Waals surface area contributed by atoms with E-state index in [2.05, 4.69) is 5.32 Å². The minimum absolute atomic E-state index is 0. The maximum Gasteiger partial charge on any atom is 0.237 e. The number of hydrogen-bond donors (Lipinski definition) is 2. The Hall–Kier alpha value is -1.31. The number of nitrogens with one attached hydrogen (secondary N) is 1. The van der Waals surface area contributed by atoms with Gasteiger partial charge in [-0.2, -0.15) is 0 Å². The first-order valence-electron chi connectivity index (χ1n) is 7.12. The largest absolute Gasteiger partial charge is 0.489 e. The highest BCUT2D eigenvalue weighted by Crippen LogP contribution is 2.17. The van der Waals surface area contributed by atoms with E-state index in [1.54, 1.807) is 0 Å². The number of ether oxygens (including phenoxy) is 1. The molecule has 2 unspecified atom stereocenters. The lowest BCUT2D eigenvalue weighted by Gasteiger charge is -2.18. The second-order valence-corrected chi connectivity index (χ2v) is 7.72. The van der Waals surface area contributed by atoms with Crippen LogP contribution < -0.4 is 15.8 Å². The van der Waals surface area contributed by atoms with Crippen molar-refractivity contribution in [3.63, 3.8) is 0 Å². The van der Waals surface area contributed by atoms with Gasteiger partial charge in [0.05, 0.1) is 18.3 Å². The van der Waals surface area contributed by atoms with Gasteiger partial charge in [-0.25, -0.2) is 8.42 Å². The molecule has 0 radical (unpaired) electrons. The number of amides is 1. The Balaban J connectivity index is 0.00000484. The van der Waals surface area contributed by atoms with Gasteiger partial charge in [0.25, 0.3) is 0 Å². The van der Waals surface area contributed by atoms with E-state index in [9.17, 15) is 13.2 Å². The third-order valence-corrected chi connectivity index (χ3v) is 4.10. The molecule has 23 heavy (non-hydrogen) atoms. The van der Waals surface area contributed by atoms with Gasteiger partial charge in [-0.15, -0.1) is 12.4 Å². The van der Waals surface area contributed by atoms with Gasteiger partial charge in [0.2, 0.25) is 5.91 Å². The highest BCUT2D eigenvalue weighted by Gasteiger charge is 2.17. The highest BCUT2D eigenvalue weighted by atomic mass is 35.5. The molecule has 1 aromatic rings. The fraction of sp³-hybridized carbons (Fsp3) is 0.533. The Kier molecular flexibility index (Phi) is 9.19. The molecule has 0 fully saturated rings. The van der Waals surface area contributed by atoms with Crippen LogP contribution in [-0.4, -0.2) is 45.0 Å². The van der Waals surface area contributed by atoms with Crippen LogP contribution in [0.15, 0.2) is 24.3 Å². The average Bonchev–Trinajstić information content (AvgIpc) is 2.44. The summed E-state index contributed by atoms with van der Waals surface area (Å²) in [5.41, 5.74) is 6.69. The Morgan fingerprint density at radius 3 is 2.52 bits per heavy atom. The minimum Gasteiger partial charge on any atom is -0.489 e. The smallest absolute Gasteiger partial charge is 0.237 e. The summed E-state index contributed by atoms with van der Waals surface area (Å²) >= 11 is 0. The normalized spacial score (nSPS) is 13.6. The molecule has 1 rings (SSSR count). The Bertz CT molecular complexity index is 607. The van der Waals surface area contributed by atoms with Crippen LogP contribution in [0.2, 0.25) is 0 Å². The SMILES string of the molecule is Cc1ccccc1OC(C)CNC(=O)C(N)CCS(C)(=O)=O.Cl. The summed E-state index contributed by atoms with van der Waals surface area (Å²) in [4.78, 5) is 11.8. The second kappa shape index (κ2) is 9.75. The van der Waals surface area contributed by atoms with Crippen molar-refractivity contribution in [1.29, 1.82) is 0 Å². The molecule has 132 valence electrons. The maximum absolute atomic E-state index is 11.8. The van der Waals surface area contributed by atoms with E-state index in [1.165, 1.54) is 0 Å². The van der Waals surface area contributed by atoms with Crippen molar-refractivity contribution in [2.75, 3.05) is 18.6 Å². The van der Waals surface area contributed by atoms with Gasteiger partial charge in [-0.3, -0.25) is 4.79 Å². The predicted molar refractivity (Wildman–Crippen MR) is 93.8 cm³/mol. The average molecular weight is 365 g/mol. The van der Waals surface area contributed by atoms with Crippen LogP contribution >= 0.6 is 12.4 Å². The molecule has 1 amide bonds. The minimum atomic E-state index is -3.11. The van der Waals surface area contributed by atoms with Gasteiger partial charge in [0.15, 0.2) is 0 Å². The summed E-state index contributed by atoms with van der Waals surface area (Å²) < 4.78 is 27.8. The molecule has 8 heteroatoms. The van der Waals surface area contributed by atoms with Crippen LogP contribution in [0.3, 0.4) is 0 Å². The zero-order valence-electron chi connectivity index (χ0n) is 13.6. The molecule has 0 heterocycles. The summed E-state index contributed by atoms with van der Waals surface area (Å²) in [5, 5.41) is 2.67. The monoisotopic (exact) mass is 364 g/mol. The van der Waals surface area contributed by atoms with Gasteiger partial charge in [0, 0.05) is 6.26 Å². The predicted octanol–water partition coefficient (Wildman–Crippen LogP) is 1.06. The lowest BCUT2D eigenvalue weighted by Crippen LogP contribution is -2.44. The molecule has 0 aliphatic carbocycles. The summed E-state index contributed by atoms with van der Waals surface area (Å²) in [6, 6.07) is 6.79. The fourth-order valence-electron chi connectivity index (χ4n) is 1.79.